The number of sulfonamides is 1. The van der Waals surface area contributed by atoms with E-state index < -0.39 is 10.0 Å². The highest BCUT2D eigenvalue weighted by Gasteiger charge is 2.23. The number of nitrogens with one attached hydrogen (secondary N) is 1. The second-order valence-electron chi connectivity index (χ2n) is 5.26. The van der Waals surface area contributed by atoms with Crippen LogP contribution in [0.5, 0.6) is 0 Å². The Morgan fingerprint density at radius 3 is 2.86 bits per heavy atom. The normalized spacial score (nSPS) is 14.2. The molecule has 6 heteroatoms. The molecule has 1 N–H and O–H groups in total. The predicted molar refractivity (Wildman–Crippen MR) is 80.7 cm³/mol. The third kappa shape index (κ3) is 2.56. The van der Waals surface area contributed by atoms with Crippen LogP contribution in [0.1, 0.15) is 16.9 Å². The van der Waals surface area contributed by atoms with Crippen molar-refractivity contribution >= 4 is 15.7 Å². The molecule has 0 radical (unpaired) electrons. The summed E-state index contributed by atoms with van der Waals surface area (Å²) in [5, 5.41) is 3.21. The zero-order valence-corrected chi connectivity index (χ0v) is 12.9. The second kappa shape index (κ2) is 5.20. The van der Waals surface area contributed by atoms with Gasteiger partial charge in [-0.05, 0) is 37.1 Å². The van der Waals surface area contributed by atoms with Crippen molar-refractivity contribution in [2.24, 2.45) is 0 Å². The Morgan fingerprint density at radius 2 is 2.14 bits per heavy atom. The Morgan fingerprint density at radius 1 is 1.33 bits per heavy atom. The van der Waals surface area contributed by atoms with E-state index >= 15 is 0 Å². The molecule has 0 aliphatic carbocycles. The van der Waals surface area contributed by atoms with E-state index in [1.807, 2.05) is 13.0 Å². The number of aryl methyl sites for hydroxylation is 1. The van der Waals surface area contributed by atoms with Crippen LogP contribution in [-0.2, 0) is 23.0 Å². The molecule has 1 aromatic heterocycles. The van der Waals surface area contributed by atoms with E-state index in [9.17, 15) is 8.42 Å². The zero-order chi connectivity index (χ0) is 15.0. The summed E-state index contributed by atoms with van der Waals surface area (Å²) in [7, 11) is -1.92. The van der Waals surface area contributed by atoms with Crippen LogP contribution in [0, 0.1) is 6.92 Å². The van der Waals surface area contributed by atoms with Gasteiger partial charge in [-0.3, -0.25) is 0 Å². The van der Waals surface area contributed by atoms with Crippen LogP contribution >= 0.6 is 0 Å². The quantitative estimate of drug-likeness (QED) is 0.942. The number of furan rings is 1. The summed E-state index contributed by atoms with van der Waals surface area (Å²) in [6, 6.07) is 7.08. The molecule has 2 heterocycles. The lowest BCUT2D eigenvalue weighted by Gasteiger charge is -2.17. The van der Waals surface area contributed by atoms with E-state index in [1.165, 1.54) is 9.87 Å². The van der Waals surface area contributed by atoms with Crippen LogP contribution in [0.15, 0.2) is 39.8 Å². The fraction of sp³-hybridized carbons (Fsp3) is 0.333. The number of nitrogens with zero attached hydrogens (tertiary/aromatic N) is 1. The Kier molecular flexibility index (Phi) is 3.51. The van der Waals surface area contributed by atoms with Gasteiger partial charge < -0.3 is 9.73 Å². The summed E-state index contributed by atoms with van der Waals surface area (Å²) >= 11 is 0. The van der Waals surface area contributed by atoms with Crippen molar-refractivity contribution in [3.63, 3.8) is 0 Å². The SMILES string of the molecule is Cc1occc1CN(C)S(=O)(=O)c1ccc2c(c1)NCC2. The van der Waals surface area contributed by atoms with Crippen LogP contribution < -0.4 is 5.32 Å². The van der Waals surface area contributed by atoms with Gasteiger partial charge in [-0.1, -0.05) is 6.07 Å². The minimum absolute atomic E-state index is 0.301. The first-order valence-corrected chi connectivity index (χ1v) is 8.28. The minimum atomic E-state index is -3.50. The maximum atomic E-state index is 12.6. The smallest absolute Gasteiger partial charge is 0.243 e. The van der Waals surface area contributed by atoms with Crippen LogP contribution in [0.25, 0.3) is 0 Å². The molecule has 0 saturated carbocycles. The molecule has 0 unspecified atom stereocenters. The summed E-state index contributed by atoms with van der Waals surface area (Å²) in [4.78, 5) is 0.319. The molecular formula is C15H18N2O3S. The lowest BCUT2D eigenvalue weighted by molar-refractivity contribution is 0.459. The van der Waals surface area contributed by atoms with Crippen molar-refractivity contribution in [2.45, 2.75) is 24.8 Å². The molecule has 0 atom stereocenters. The van der Waals surface area contributed by atoms with Crippen LogP contribution in [0.3, 0.4) is 0 Å². The molecule has 0 fully saturated rings. The van der Waals surface area contributed by atoms with Gasteiger partial charge in [-0.25, -0.2) is 8.42 Å². The largest absolute Gasteiger partial charge is 0.469 e. The van der Waals surface area contributed by atoms with E-state index in [4.69, 9.17) is 4.42 Å². The monoisotopic (exact) mass is 306 g/mol. The van der Waals surface area contributed by atoms with E-state index in [2.05, 4.69) is 5.32 Å². The standard InChI is InChI=1S/C15H18N2O3S/c1-11-13(6-8-20-11)10-17(2)21(18,19)14-4-3-12-5-7-16-15(12)9-14/h3-4,6,8-9,16H,5,7,10H2,1-2H3. The van der Waals surface area contributed by atoms with E-state index in [1.54, 1.807) is 31.5 Å². The predicted octanol–water partition coefficient (Wildman–Crippen LogP) is 2.38. The highest BCUT2D eigenvalue weighted by atomic mass is 32.2. The number of hydrogen-bond donors (Lipinski definition) is 1. The molecule has 0 saturated heterocycles. The Labute approximate surface area is 124 Å². The summed E-state index contributed by atoms with van der Waals surface area (Å²) in [5.74, 6) is 0.743. The van der Waals surface area contributed by atoms with Gasteiger partial charge in [0.05, 0.1) is 11.2 Å². The lowest BCUT2D eigenvalue weighted by atomic mass is 10.2. The fourth-order valence-electron chi connectivity index (χ4n) is 2.51. The van der Waals surface area contributed by atoms with Gasteiger partial charge in [0.1, 0.15) is 5.76 Å². The van der Waals surface area contributed by atoms with Crippen LogP contribution in [-0.4, -0.2) is 26.3 Å². The van der Waals surface area contributed by atoms with Crippen molar-refractivity contribution in [1.29, 1.82) is 0 Å². The number of benzene rings is 1. The van der Waals surface area contributed by atoms with Gasteiger partial charge in [0, 0.05) is 31.4 Å². The van der Waals surface area contributed by atoms with Gasteiger partial charge in [0.15, 0.2) is 0 Å². The molecule has 1 aliphatic heterocycles. The first-order chi connectivity index (χ1) is 9.98. The van der Waals surface area contributed by atoms with E-state index in [0.29, 0.717) is 11.4 Å². The van der Waals surface area contributed by atoms with Gasteiger partial charge >= 0.3 is 0 Å². The summed E-state index contributed by atoms with van der Waals surface area (Å²) in [6.07, 6.45) is 2.52. The van der Waals surface area contributed by atoms with Crippen molar-refractivity contribution in [3.05, 3.63) is 47.4 Å². The maximum absolute atomic E-state index is 12.6. The molecule has 0 bridgehead atoms. The average Bonchev–Trinajstić information content (AvgIpc) is 3.07. The Balaban J connectivity index is 1.87. The van der Waals surface area contributed by atoms with E-state index in [0.717, 1.165) is 30.0 Å². The summed E-state index contributed by atoms with van der Waals surface area (Å²) in [5.41, 5.74) is 2.96. The lowest BCUT2D eigenvalue weighted by Crippen LogP contribution is -2.26. The summed E-state index contributed by atoms with van der Waals surface area (Å²) in [6.45, 7) is 2.99. The molecule has 112 valence electrons. The van der Waals surface area contributed by atoms with Crippen LogP contribution in [0.4, 0.5) is 5.69 Å². The van der Waals surface area contributed by atoms with Gasteiger partial charge in [0.25, 0.3) is 0 Å². The molecule has 21 heavy (non-hydrogen) atoms. The molecule has 1 aromatic carbocycles. The molecular weight excluding hydrogens is 288 g/mol. The molecule has 0 amide bonds. The third-order valence-corrected chi connectivity index (χ3v) is 5.66. The topological polar surface area (TPSA) is 62.6 Å². The highest BCUT2D eigenvalue weighted by molar-refractivity contribution is 7.89. The average molecular weight is 306 g/mol. The first kappa shape index (κ1) is 14.2. The number of fused-ring (bicyclic) bond motifs is 1. The fourth-order valence-corrected chi connectivity index (χ4v) is 3.69. The van der Waals surface area contributed by atoms with Crippen molar-refractivity contribution in [2.75, 3.05) is 18.9 Å². The number of rotatable bonds is 4. The van der Waals surface area contributed by atoms with Gasteiger partial charge in [-0.15, -0.1) is 0 Å². The molecule has 5 nitrogen and oxygen atoms in total. The first-order valence-electron chi connectivity index (χ1n) is 6.84. The zero-order valence-electron chi connectivity index (χ0n) is 12.1. The number of anilines is 1. The molecule has 3 rings (SSSR count). The molecule has 1 aliphatic rings. The van der Waals surface area contributed by atoms with Gasteiger partial charge in [0.2, 0.25) is 10.0 Å². The third-order valence-electron chi connectivity index (χ3n) is 3.86. The van der Waals surface area contributed by atoms with E-state index in [-0.39, 0.29) is 0 Å². The number of hydrogen-bond acceptors (Lipinski definition) is 4. The van der Waals surface area contributed by atoms with Crippen LogP contribution in [0.2, 0.25) is 0 Å². The van der Waals surface area contributed by atoms with Crippen molar-refractivity contribution in [1.82, 2.24) is 4.31 Å². The van der Waals surface area contributed by atoms with Crippen molar-refractivity contribution < 1.29 is 12.8 Å². The summed E-state index contributed by atoms with van der Waals surface area (Å²) < 4.78 is 31.8. The van der Waals surface area contributed by atoms with Crippen molar-refractivity contribution in [3.8, 4) is 0 Å². The second-order valence-corrected chi connectivity index (χ2v) is 7.30. The van der Waals surface area contributed by atoms with Gasteiger partial charge in [-0.2, -0.15) is 4.31 Å². The molecule has 2 aromatic rings. The molecule has 0 spiro atoms. The Hall–Kier alpha value is -1.79. The Bertz CT molecular complexity index is 765. The highest BCUT2D eigenvalue weighted by Crippen LogP contribution is 2.27. The minimum Gasteiger partial charge on any atom is -0.469 e. The maximum Gasteiger partial charge on any atom is 0.243 e.